The van der Waals surface area contributed by atoms with Crippen molar-refractivity contribution in [1.29, 1.82) is 0 Å². The van der Waals surface area contributed by atoms with Gasteiger partial charge in [-0.1, -0.05) is 25.7 Å². The van der Waals surface area contributed by atoms with Crippen LogP contribution >= 0.6 is 0 Å². The lowest BCUT2D eigenvalue weighted by Gasteiger charge is -2.22. The number of rotatable bonds is 8. The molecule has 1 aliphatic carbocycles. The molecule has 3 amide bonds. The number of nitrogens with zero attached hydrogens (tertiary/aromatic N) is 1. The van der Waals surface area contributed by atoms with Crippen LogP contribution in [0.4, 0.5) is 4.79 Å². The average molecular weight is 353 g/mol. The molecule has 3 N–H and O–H groups in total. The van der Waals surface area contributed by atoms with Gasteiger partial charge in [-0.3, -0.25) is 9.59 Å². The van der Waals surface area contributed by atoms with Gasteiger partial charge in [-0.15, -0.1) is 0 Å². The topological polar surface area (TPSA) is 98.7 Å². The molecular formula is C18H31N3O4. The summed E-state index contributed by atoms with van der Waals surface area (Å²) in [5.74, 6) is -1.17. The first-order chi connectivity index (χ1) is 12.1. The fourth-order valence-electron chi connectivity index (χ4n) is 3.61. The van der Waals surface area contributed by atoms with Gasteiger partial charge in [0.2, 0.25) is 5.91 Å². The third-order valence-corrected chi connectivity index (χ3v) is 5.18. The number of carboxylic acids is 1. The van der Waals surface area contributed by atoms with Crippen molar-refractivity contribution in [2.24, 2.45) is 5.92 Å². The Labute approximate surface area is 149 Å². The second-order valence-electron chi connectivity index (χ2n) is 7.21. The van der Waals surface area contributed by atoms with E-state index in [0.29, 0.717) is 38.5 Å². The molecule has 0 aromatic heterocycles. The minimum atomic E-state index is -0.812. The highest BCUT2D eigenvalue weighted by molar-refractivity contribution is 5.78. The van der Waals surface area contributed by atoms with Crippen LogP contribution in [0.1, 0.15) is 64.2 Å². The van der Waals surface area contributed by atoms with Crippen molar-refractivity contribution in [3.8, 4) is 0 Å². The van der Waals surface area contributed by atoms with Gasteiger partial charge in [-0.05, 0) is 32.1 Å². The number of aliphatic carboxylic acids is 1. The molecule has 0 aromatic rings. The summed E-state index contributed by atoms with van der Waals surface area (Å²) < 4.78 is 0. The van der Waals surface area contributed by atoms with E-state index >= 15 is 0 Å². The van der Waals surface area contributed by atoms with Gasteiger partial charge in [0.15, 0.2) is 0 Å². The summed E-state index contributed by atoms with van der Waals surface area (Å²) in [4.78, 5) is 36.4. The molecule has 1 unspecified atom stereocenters. The van der Waals surface area contributed by atoms with Crippen LogP contribution in [0.5, 0.6) is 0 Å². The molecule has 2 fully saturated rings. The molecule has 142 valence electrons. The maximum atomic E-state index is 12.0. The molecule has 1 aliphatic heterocycles. The molecule has 0 aromatic carbocycles. The molecule has 7 nitrogen and oxygen atoms in total. The Balaban J connectivity index is 1.47. The van der Waals surface area contributed by atoms with Crippen LogP contribution in [0, 0.1) is 5.92 Å². The quantitative estimate of drug-likeness (QED) is 0.582. The van der Waals surface area contributed by atoms with Crippen molar-refractivity contribution in [1.82, 2.24) is 15.5 Å². The summed E-state index contributed by atoms with van der Waals surface area (Å²) in [5, 5.41) is 14.9. The molecular weight excluding hydrogens is 322 g/mol. The van der Waals surface area contributed by atoms with Gasteiger partial charge in [0.25, 0.3) is 0 Å². The number of carboxylic acid groups (broad SMARTS) is 1. The van der Waals surface area contributed by atoms with Gasteiger partial charge in [0.05, 0.1) is 5.92 Å². The highest BCUT2D eigenvalue weighted by atomic mass is 16.4. The molecule has 2 rings (SSSR count). The van der Waals surface area contributed by atoms with Crippen LogP contribution in [-0.2, 0) is 9.59 Å². The van der Waals surface area contributed by atoms with Gasteiger partial charge in [-0.25, -0.2) is 4.79 Å². The van der Waals surface area contributed by atoms with Gasteiger partial charge in [-0.2, -0.15) is 0 Å². The summed E-state index contributed by atoms with van der Waals surface area (Å²) in [6.07, 6.45) is 9.35. The molecule has 1 atom stereocenters. The zero-order valence-electron chi connectivity index (χ0n) is 15.0. The summed E-state index contributed by atoms with van der Waals surface area (Å²) in [6.45, 7) is 1.52. The van der Waals surface area contributed by atoms with E-state index in [9.17, 15) is 14.4 Å². The molecule has 2 aliphatic rings. The van der Waals surface area contributed by atoms with Crippen LogP contribution in [0.15, 0.2) is 0 Å². The van der Waals surface area contributed by atoms with E-state index in [1.165, 1.54) is 19.3 Å². The number of amides is 3. The van der Waals surface area contributed by atoms with Crippen LogP contribution in [0.3, 0.4) is 0 Å². The molecule has 1 heterocycles. The van der Waals surface area contributed by atoms with Crippen LogP contribution in [0.2, 0.25) is 0 Å². The van der Waals surface area contributed by atoms with E-state index in [0.717, 1.165) is 32.1 Å². The fraction of sp³-hybridized carbons (Fsp3) is 0.833. The highest BCUT2D eigenvalue weighted by Crippen LogP contribution is 2.18. The van der Waals surface area contributed by atoms with E-state index in [-0.39, 0.29) is 11.9 Å². The van der Waals surface area contributed by atoms with Crippen molar-refractivity contribution < 1.29 is 19.5 Å². The Morgan fingerprint density at radius 3 is 2.44 bits per heavy atom. The number of likely N-dealkylation sites (tertiary alicyclic amines) is 1. The number of hydrogen-bond donors (Lipinski definition) is 3. The minimum Gasteiger partial charge on any atom is -0.481 e. The highest BCUT2D eigenvalue weighted by Gasteiger charge is 2.30. The van der Waals surface area contributed by atoms with E-state index < -0.39 is 11.9 Å². The first-order valence-corrected chi connectivity index (χ1v) is 9.61. The van der Waals surface area contributed by atoms with Crippen LogP contribution in [0.25, 0.3) is 0 Å². The Morgan fingerprint density at radius 2 is 1.76 bits per heavy atom. The number of nitrogens with one attached hydrogen (secondary N) is 2. The maximum Gasteiger partial charge on any atom is 0.315 e. The largest absolute Gasteiger partial charge is 0.481 e. The summed E-state index contributed by atoms with van der Waals surface area (Å²) in [7, 11) is 0. The number of carbonyl (C=O) groups is 3. The fourth-order valence-corrected chi connectivity index (χ4v) is 3.61. The summed E-state index contributed by atoms with van der Waals surface area (Å²) in [6, 6.07) is 0.237. The van der Waals surface area contributed by atoms with Crippen LogP contribution in [-0.4, -0.2) is 53.6 Å². The predicted molar refractivity (Wildman–Crippen MR) is 94.2 cm³/mol. The lowest BCUT2D eigenvalue weighted by molar-refractivity contribution is -0.141. The Bertz CT molecular complexity index is 463. The second-order valence-corrected chi connectivity index (χ2v) is 7.21. The Hall–Kier alpha value is -1.79. The third-order valence-electron chi connectivity index (χ3n) is 5.18. The van der Waals surface area contributed by atoms with Crippen LogP contribution < -0.4 is 10.6 Å². The summed E-state index contributed by atoms with van der Waals surface area (Å²) in [5.41, 5.74) is 0. The maximum absolute atomic E-state index is 12.0. The van der Waals surface area contributed by atoms with Crippen molar-refractivity contribution in [2.45, 2.75) is 70.3 Å². The molecule has 0 radical (unpaired) electrons. The lowest BCUT2D eigenvalue weighted by Crippen LogP contribution is -2.43. The normalized spacial score (nSPS) is 21.1. The minimum absolute atomic E-state index is 0.0479. The first kappa shape index (κ1) is 19.5. The van der Waals surface area contributed by atoms with E-state index in [1.807, 2.05) is 0 Å². The van der Waals surface area contributed by atoms with Crippen molar-refractivity contribution in [3.63, 3.8) is 0 Å². The smallest absolute Gasteiger partial charge is 0.315 e. The Morgan fingerprint density at radius 1 is 1.00 bits per heavy atom. The van der Waals surface area contributed by atoms with E-state index in [4.69, 9.17) is 5.11 Å². The molecule has 0 spiro atoms. The SMILES string of the molecule is O=C(NCCCCCC(=O)N1CCC(C(=O)O)C1)NC1CCCCC1. The van der Waals surface area contributed by atoms with Crippen molar-refractivity contribution >= 4 is 17.9 Å². The van der Waals surface area contributed by atoms with Gasteiger partial charge < -0.3 is 20.6 Å². The van der Waals surface area contributed by atoms with Crippen molar-refractivity contribution in [2.75, 3.05) is 19.6 Å². The number of unbranched alkanes of at least 4 members (excludes halogenated alkanes) is 2. The molecule has 1 saturated heterocycles. The van der Waals surface area contributed by atoms with Crippen molar-refractivity contribution in [3.05, 3.63) is 0 Å². The van der Waals surface area contributed by atoms with Gasteiger partial charge in [0.1, 0.15) is 0 Å². The summed E-state index contributed by atoms with van der Waals surface area (Å²) >= 11 is 0. The number of urea groups is 1. The monoisotopic (exact) mass is 353 g/mol. The van der Waals surface area contributed by atoms with Gasteiger partial charge >= 0.3 is 12.0 Å². The molecule has 1 saturated carbocycles. The number of hydrogen-bond acceptors (Lipinski definition) is 3. The molecule has 7 heteroatoms. The van der Waals surface area contributed by atoms with E-state index in [2.05, 4.69) is 10.6 Å². The first-order valence-electron chi connectivity index (χ1n) is 9.61. The van der Waals surface area contributed by atoms with Gasteiger partial charge in [0, 0.05) is 32.1 Å². The third kappa shape index (κ3) is 6.92. The zero-order chi connectivity index (χ0) is 18.1. The van der Waals surface area contributed by atoms with E-state index in [1.54, 1.807) is 4.90 Å². The molecule has 25 heavy (non-hydrogen) atoms. The second kappa shape index (κ2) is 10.3. The predicted octanol–water partition coefficient (Wildman–Crippen LogP) is 2.11. The zero-order valence-corrected chi connectivity index (χ0v) is 15.0. The average Bonchev–Trinajstić information content (AvgIpc) is 3.09. The standard InChI is InChI=1S/C18H31N3O4/c22-16(21-12-10-14(13-21)17(23)24)9-5-2-6-11-19-18(25)20-15-7-3-1-4-8-15/h14-15H,1-13H2,(H,23,24)(H2,19,20,25). The molecule has 0 bridgehead atoms. The lowest BCUT2D eigenvalue weighted by atomic mass is 9.96. The Kier molecular flexibility index (Phi) is 8.01. The number of carbonyl (C=O) groups excluding carboxylic acids is 2.